The molecule has 132 valence electrons. The summed E-state index contributed by atoms with van der Waals surface area (Å²) in [4.78, 5) is 9.75. The minimum Gasteiger partial charge on any atom is -0.465 e. The normalized spacial score (nSPS) is 39.4. The lowest BCUT2D eigenvalue weighted by Crippen LogP contribution is -2.63. The van der Waals surface area contributed by atoms with Crippen LogP contribution in [0.1, 0.15) is 45.4 Å². The largest absolute Gasteiger partial charge is 0.465 e. The molecule has 1 spiro atoms. The van der Waals surface area contributed by atoms with Crippen LogP contribution < -0.4 is 0 Å². The Morgan fingerprint density at radius 2 is 2.00 bits per heavy atom. The number of halogens is 3. The summed E-state index contributed by atoms with van der Waals surface area (Å²) in [5.74, 6) is -0.776. The van der Waals surface area contributed by atoms with E-state index in [1.54, 1.807) is 6.92 Å². The van der Waals surface area contributed by atoms with E-state index in [-0.39, 0.29) is 13.2 Å². The Labute approximate surface area is 137 Å². The zero-order valence-corrected chi connectivity index (χ0v) is 13.8. The molecule has 4 nitrogen and oxygen atoms in total. The van der Waals surface area contributed by atoms with Crippen molar-refractivity contribution in [3.05, 3.63) is 0 Å². The van der Waals surface area contributed by atoms with Gasteiger partial charge in [-0.15, -0.1) is 0 Å². The van der Waals surface area contributed by atoms with Crippen molar-refractivity contribution in [3.63, 3.8) is 0 Å². The van der Waals surface area contributed by atoms with Crippen molar-refractivity contribution in [1.82, 2.24) is 0 Å². The number of thioether (sulfide) groups is 1. The summed E-state index contributed by atoms with van der Waals surface area (Å²) in [5, 5.41) is 10.0. The number of hydrogen-bond donors (Lipinski definition) is 1. The Hall–Kier alpha value is -0.470. The van der Waals surface area contributed by atoms with Crippen LogP contribution >= 0.6 is 11.8 Å². The molecular formula is C15H21F3O4S. The van der Waals surface area contributed by atoms with Crippen molar-refractivity contribution in [2.45, 2.75) is 67.4 Å². The van der Waals surface area contributed by atoms with Gasteiger partial charge in [-0.25, -0.2) is 0 Å². The third-order valence-electron chi connectivity index (χ3n) is 5.49. The van der Waals surface area contributed by atoms with Crippen molar-refractivity contribution in [2.24, 2.45) is 5.41 Å². The van der Waals surface area contributed by atoms with E-state index in [4.69, 9.17) is 9.47 Å². The Balaban J connectivity index is 2.01. The topological polar surface area (TPSA) is 55.8 Å². The van der Waals surface area contributed by atoms with Gasteiger partial charge in [0.1, 0.15) is 5.25 Å². The molecule has 0 aromatic heterocycles. The number of carbonyl (C=O) groups is 1. The van der Waals surface area contributed by atoms with Crippen molar-refractivity contribution in [2.75, 3.05) is 13.2 Å². The first kappa shape index (κ1) is 17.4. The van der Waals surface area contributed by atoms with E-state index in [0.717, 1.165) is 19.3 Å². The molecule has 1 aliphatic carbocycles. The van der Waals surface area contributed by atoms with E-state index in [1.165, 1.54) is 0 Å². The van der Waals surface area contributed by atoms with Crippen LogP contribution in [0.5, 0.6) is 0 Å². The molecule has 3 aliphatic rings. The Morgan fingerprint density at radius 1 is 1.35 bits per heavy atom. The van der Waals surface area contributed by atoms with Crippen molar-refractivity contribution in [3.8, 4) is 0 Å². The smallest absolute Gasteiger partial charge is 0.427 e. The molecule has 0 radical (unpaired) electrons. The fourth-order valence-corrected chi connectivity index (χ4v) is 5.86. The maximum atomic E-state index is 13.6. The summed E-state index contributed by atoms with van der Waals surface area (Å²) < 4.78 is 50.9. The van der Waals surface area contributed by atoms with Gasteiger partial charge in [0.05, 0.1) is 18.8 Å². The van der Waals surface area contributed by atoms with Crippen LogP contribution in [0, 0.1) is 5.41 Å². The Morgan fingerprint density at radius 3 is 2.57 bits per heavy atom. The van der Waals surface area contributed by atoms with Crippen LogP contribution in [0.15, 0.2) is 0 Å². The highest BCUT2D eigenvalue weighted by Crippen LogP contribution is 2.67. The predicted molar refractivity (Wildman–Crippen MR) is 77.8 cm³/mol. The molecule has 1 saturated carbocycles. The average molecular weight is 354 g/mol. The Bertz CT molecular complexity index is 492. The molecule has 2 bridgehead atoms. The van der Waals surface area contributed by atoms with Crippen molar-refractivity contribution < 1.29 is 32.5 Å². The molecule has 8 heteroatoms. The van der Waals surface area contributed by atoms with Crippen LogP contribution in [-0.4, -0.2) is 46.2 Å². The first-order chi connectivity index (χ1) is 10.7. The molecule has 0 amide bonds. The molecule has 3 fully saturated rings. The molecular weight excluding hydrogens is 333 g/mol. The molecule has 2 aliphatic heterocycles. The van der Waals surface area contributed by atoms with E-state index in [1.807, 2.05) is 0 Å². The number of ether oxygens (including phenoxy) is 2. The molecule has 0 aromatic carbocycles. The summed E-state index contributed by atoms with van der Waals surface area (Å²) in [5.41, 5.74) is -2.53. The first-order valence-electron chi connectivity index (χ1n) is 7.97. The minimum absolute atomic E-state index is 0.0683. The standard InChI is InChI=1S/C15H21F3O4S/c1-2-21-11(19)10-13(20)8-14(23-10,15(16,17)18)22-9-12(13)6-4-3-5-7-12/h10,20H,2-9H2,1H3/t10-,13-,14+/m0/s1. The minimum atomic E-state index is -4.65. The van der Waals surface area contributed by atoms with Gasteiger partial charge in [-0.1, -0.05) is 31.0 Å². The molecule has 3 rings (SSSR count). The lowest BCUT2D eigenvalue weighted by atomic mass is 9.59. The second-order valence-corrected chi connectivity index (χ2v) is 8.10. The third-order valence-corrected chi connectivity index (χ3v) is 7.18. The molecule has 1 N–H and O–H groups in total. The van der Waals surface area contributed by atoms with Gasteiger partial charge < -0.3 is 14.6 Å². The number of esters is 1. The second-order valence-electron chi connectivity index (χ2n) is 6.73. The van der Waals surface area contributed by atoms with Crippen molar-refractivity contribution in [1.29, 1.82) is 0 Å². The second kappa shape index (κ2) is 5.52. The highest BCUT2D eigenvalue weighted by Gasteiger charge is 2.77. The van der Waals surface area contributed by atoms with Crippen LogP contribution in [0.4, 0.5) is 13.2 Å². The maximum Gasteiger partial charge on any atom is 0.427 e. The zero-order valence-electron chi connectivity index (χ0n) is 12.9. The number of aliphatic hydroxyl groups is 1. The Kier molecular flexibility index (Phi) is 4.17. The number of rotatable bonds is 2. The molecule has 2 saturated heterocycles. The highest BCUT2D eigenvalue weighted by molar-refractivity contribution is 8.02. The van der Waals surface area contributed by atoms with E-state index in [0.29, 0.717) is 24.6 Å². The van der Waals surface area contributed by atoms with E-state index in [9.17, 15) is 23.1 Å². The quantitative estimate of drug-likeness (QED) is 0.773. The average Bonchev–Trinajstić information content (AvgIpc) is 2.77. The fraction of sp³-hybridized carbons (Fsp3) is 0.933. The number of carbonyl (C=O) groups excluding carboxylic acids is 1. The van der Waals surface area contributed by atoms with Crippen LogP contribution in [-0.2, 0) is 14.3 Å². The predicted octanol–water partition coefficient (Wildman–Crippen LogP) is 3.03. The van der Waals surface area contributed by atoms with Gasteiger partial charge >= 0.3 is 12.1 Å². The van der Waals surface area contributed by atoms with Crippen LogP contribution in [0.25, 0.3) is 0 Å². The van der Waals surface area contributed by atoms with E-state index >= 15 is 0 Å². The van der Waals surface area contributed by atoms with Gasteiger partial charge in [0.25, 0.3) is 0 Å². The maximum absolute atomic E-state index is 13.6. The summed E-state index contributed by atoms with van der Waals surface area (Å²) >= 11 is 0.378. The lowest BCUT2D eigenvalue weighted by Gasteiger charge is -2.53. The van der Waals surface area contributed by atoms with Gasteiger partial charge in [-0.2, -0.15) is 13.2 Å². The summed E-state index contributed by atoms with van der Waals surface area (Å²) in [7, 11) is 0. The van der Waals surface area contributed by atoms with Gasteiger partial charge in [-0.05, 0) is 19.8 Å². The van der Waals surface area contributed by atoms with Crippen LogP contribution in [0.3, 0.4) is 0 Å². The third kappa shape index (κ3) is 2.40. The number of fused-ring (bicyclic) bond motifs is 3. The summed E-state index contributed by atoms with van der Waals surface area (Å²) in [6.45, 7) is 1.50. The van der Waals surface area contributed by atoms with Gasteiger partial charge in [0.2, 0.25) is 4.93 Å². The molecule has 2 heterocycles. The number of alkyl halides is 3. The van der Waals surface area contributed by atoms with Crippen molar-refractivity contribution >= 4 is 17.7 Å². The van der Waals surface area contributed by atoms with Gasteiger partial charge in [-0.3, -0.25) is 4.79 Å². The molecule has 0 unspecified atom stereocenters. The number of hydrogen-bond acceptors (Lipinski definition) is 5. The first-order valence-corrected chi connectivity index (χ1v) is 8.85. The lowest BCUT2D eigenvalue weighted by molar-refractivity contribution is -0.295. The van der Waals surface area contributed by atoms with Gasteiger partial charge in [0, 0.05) is 11.8 Å². The van der Waals surface area contributed by atoms with Crippen LogP contribution in [0.2, 0.25) is 0 Å². The molecule has 3 atom stereocenters. The fourth-order valence-electron chi connectivity index (χ4n) is 4.22. The summed E-state index contributed by atoms with van der Waals surface area (Å²) in [6, 6.07) is 0. The van der Waals surface area contributed by atoms with Gasteiger partial charge in [0.15, 0.2) is 0 Å². The van der Waals surface area contributed by atoms with E-state index < -0.39 is 39.8 Å². The monoisotopic (exact) mass is 354 g/mol. The highest BCUT2D eigenvalue weighted by atomic mass is 32.2. The van der Waals surface area contributed by atoms with E-state index in [2.05, 4.69) is 0 Å². The molecule has 0 aromatic rings. The molecule has 23 heavy (non-hydrogen) atoms. The zero-order chi connectivity index (χ0) is 16.9. The summed E-state index contributed by atoms with van der Waals surface area (Å²) in [6.07, 6.45) is -1.46. The SMILES string of the molecule is CCOC(=O)[C@@H]1S[C@@]2(C(F)(F)F)C[C@@]1(O)C1(CCCCC1)CO2.